The van der Waals surface area contributed by atoms with Gasteiger partial charge in [0.25, 0.3) is 0 Å². The van der Waals surface area contributed by atoms with Crippen LogP contribution in [0.15, 0.2) is 30.5 Å². The highest BCUT2D eigenvalue weighted by atomic mass is 16.5. The molecule has 5 nitrogen and oxygen atoms in total. The summed E-state index contributed by atoms with van der Waals surface area (Å²) in [6.07, 6.45) is 1.89. The second-order valence-electron chi connectivity index (χ2n) is 4.11. The normalized spacial score (nSPS) is 12.6. The zero-order chi connectivity index (χ0) is 12.8. The number of aromatic nitrogens is 2. The number of aliphatic hydroxyl groups is 1. The average Bonchev–Trinajstić information content (AvgIpc) is 2.39. The van der Waals surface area contributed by atoms with Gasteiger partial charge in [-0.1, -0.05) is 24.3 Å². The molecule has 0 aliphatic heterocycles. The summed E-state index contributed by atoms with van der Waals surface area (Å²) in [7, 11) is 1.58. The van der Waals surface area contributed by atoms with Crippen LogP contribution in [0.3, 0.4) is 0 Å². The Bertz CT molecular complexity index is 499. The molecule has 2 rings (SSSR count). The molecular weight excluding hydrogens is 230 g/mol. The van der Waals surface area contributed by atoms with Gasteiger partial charge in [-0.25, -0.2) is 0 Å². The van der Waals surface area contributed by atoms with Crippen molar-refractivity contribution in [2.24, 2.45) is 0 Å². The van der Waals surface area contributed by atoms with Crippen LogP contribution in [0, 0.1) is 0 Å². The molecule has 1 atom stereocenters. The van der Waals surface area contributed by atoms with Crippen molar-refractivity contribution in [3.63, 3.8) is 0 Å². The molecule has 2 aromatic rings. The number of rotatable bonds is 6. The number of nitrogens with one attached hydrogen (secondary N) is 1. The Morgan fingerprint density at radius 2 is 2.22 bits per heavy atom. The van der Waals surface area contributed by atoms with E-state index >= 15 is 0 Å². The summed E-state index contributed by atoms with van der Waals surface area (Å²) >= 11 is 0. The highest BCUT2D eigenvalue weighted by Gasteiger charge is 2.05. The molecule has 1 aromatic heterocycles. The Morgan fingerprint density at radius 1 is 1.39 bits per heavy atom. The number of hydrogen-bond donors (Lipinski definition) is 2. The van der Waals surface area contributed by atoms with E-state index in [1.165, 1.54) is 0 Å². The lowest BCUT2D eigenvalue weighted by molar-refractivity contribution is 0.0615. The van der Waals surface area contributed by atoms with Crippen molar-refractivity contribution in [1.29, 1.82) is 0 Å². The fourth-order valence-electron chi connectivity index (χ4n) is 1.79. The molecule has 0 bridgehead atoms. The lowest BCUT2D eigenvalue weighted by Crippen LogP contribution is -2.18. The van der Waals surface area contributed by atoms with Gasteiger partial charge >= 0.3 is 0 Å². The van der Waals surface area contributed by atoms with Crippen LogP contribution in [0.2, 0.25) is 0 Å². The summed E-state index contributed by atoms with van der Waals surface area (Å²) in [5, 5.41) is 22.8. The first-order chi connectivity index (χ1) is 8.81. The third-order valence-electron chi connectivity index (χ3n) is 2.70. The van der Waals surface area contributed by atoms with Crippen LogP contribution in [0.5, 0.6) is 0 Å². The molecule has 0 radical (unpaired) electrons. The number of aliphatic hydroxyl groups excluding tert-OH is 1. The van der Waals surface area contributed by atoms with Crippen LogP contribution in [0.4, 0.5) is 5.82 Å². The fourth-order valence-corrected chi connectivity index (χ4v) is 1.79. The van der Waals surface area contributed by atoms with Gasteiger partial charge in [0.2, 0.25) is 0 Å². The number of hydrogen-bond acceptors (Lipinski definition) is 5. The molecule has 0 aliphatic carbocycles. The van der Waals surface area contributed by atoms with Crippen molar-refractivity contribution in [2.75, 3.05) is 25.6 Å². The van der Waals surface area contributed by atoms with Crippen LogP contribution in [0.1, 0.15) is 6.42 Å². The maximum atomic E-state index is 9.54. The Balaban J connectivity index is 1.99. The molecule has 5 heteroatoms. The molecule has 2 N–H and O–H groups in total. The van der Waals surface area contributed by atoms with E-state index in [0.717, 1.165) is 16.6 Å². The molecule has 0 fully saturated rings. The van der Waals surface area contributed by atoms with Crippen LogP contribution in [-0.4, -0.2) is 41.7 Å². The smallest absolute Gasteiger partial charge is 0.156 e. The van der Waals surface area contributed by atoms with E-state index in [0.29, 0.717) is 19.6 Å². The van der Waals surface area contributed by atoms with E-state index in [-0.39, 0.29) is 0 Å². The molecule has 96 valence electrons. The van der Waals surface area contributed by atoms with E-state index in [1.807, 2.05) is 24.3 Å². The van der Waals surface area contributed by atoms with Gasteiger partial charge in [0.05, 0.1) is 18.9 Å². The van der Waals surface area contributed by atoms with E-state index in [1.54, 1.807) is 13.3 Å². The predicted molar refractivity (Wildman–Crippen MR) is 70.5 cm³/mol. The Hall–Kier alpha value is -1.72. The highest BCUT2D eigenvalue weighted by molar-refractivity contribution is 5.90. The SMILES string of the molecule is COCC(O)CCNc1nncc2ccccc12. The average molecular weight is 247 g/mol. The summed E-state index contributed by atoms with van der Waals surface area (Å²) in [4.78, 5) is 0. The minimum atomic E-state index is -0.453. The first-order valence-electron chi connectivity index (χ1n) is 5.92. The molecule has 0 aliphatic rings. The quantitative estimate of drug-likeness (QED) is 0.808. The Labute approximate surface area is 106 Å². The molecule has 1 heterocycles. The Morgan fingerprint density at radius 3 is 3.06 bits per heavy atom. The molecule has 0 amide bonds. The van der Waals surface area contributed by atoms with Crippen molar-refractivity contribution in [1.82, 2.24) is 10.2 Å². The largest absolute Gasteiger partial charge is 0.391 e. The maximum Gasteiger partial charge on any atom is 0.156 e. The lowest BCUT2D eigenvalue weighted by atomic mass is 10.2. The standard InChI is InChI=1S/C13H17N3O2/c1-18-9-11(17)6-7-14-13-12-5-3-2-4-10(12)8-15-16-13/h2-5,8,11,17H,6-7,9H2,1H3,(H,14,16). The van der Waals surface area contributed by atoms with Gasteiger partial charge in [-0.15, -0.1) is 5.10 Å². The minimum absolute atomic E-state index is 0.350. The summed E-state index contributed by atoms with van der Waals surface area (Å²) in [6.45, 7) is 0.982. The van der Waals surface area contributed by atoms with E-state index in [4.69, 9.17) is 4.74 Å². The van der Waals surface area contributed by atoms with Gasteiger partial charge in [0.1, 0.15) is 0 Å². The number of fused-ring (bicyclic) bond motifs is 1. The third kappa shape index (κ3) is 3.15. The van der Waals surface area contributed by atoms with Crippen molar-refractivity contribution >= 4 is 16.6 Å². The number of ether oxygens (including phenoxy) is 1. The summed E-state index contributed by atoms with van der Waals surface area (Å²) in [5.74, 6) is 0.748. The molecule has 0 saturated heterocycles. The van der Waals surface area contributed by atoms with E-state index in [9.17, 15) is 5.11 Å². The molecule has 1 aromatic carbocycles. The van der Waals surface area contributed by atoms with Crippen LogP contribution >= 0.6 is 0 Å². The summed E-state index contributed by atoms with van der Waals surface area (Å²) in [6, 6.07) is 7.93. The molecule has 18 heavy (non-hydrogen) atoms. The van der Waals surface area contributed by atoms with Gasteiger partial charge in [-0.3, -0.25) is 0 Å². The highest BCUT2D eigenvalue weighted by Crippen LogP contribution is 2.18. The lowest BCUT2D eigenvalue weighted by Gasteiger charge is -2.11. The van der Waals surface area contributed by atoms with E-state index in [2.05, 4.69) is 15.5 Å². The van der Waals surface area contributed by atoms with Crippen molar-refractivity contribution in [3.8, 4) is 0 Å². The fraction of sp³-hybridized carbons (Fsp3) is 0.385. The number of methoxy groups -OCH3 is 1. The summed E-state index contributed by atoms with van der Waals surface area (Å²) < 4.78 is 4.87. The molecule has 1 unspecified atom stereocenters. The predicted octanol–water partition coefficient (Wildman–Crippen LogP) is 1.44. The van der Waals surface area contributed by atoms with Crippen LogP contribution in [-0.2, 0) is 4.74 Å². The first kappa shape index (κ1) is 12.7. The monoisotopic (exact) mass is 247 g/mol. The molecule has 0 spiro atoms. The second kappa shape index (κ2) is 6.28. The van der Waals surface area contributed by atoms with Gasteiger partial charge in [-0.2, -0.15) is 5.10 Å². The van der Waals surface area contributed by atoms with Crippen molar-refractivity contribution in [2.45, 2.75) is 12.5 Å². The summed E-state index contributed by atoms with van der Waals surface area (Å²) in [5.41, 5.74) is 0. The van der Waals surface area contributed by atoms with Crippen molar-refractivity contribution < 1.29 is 9.84 Å². The van der Waals surface area contributed by atoms with Crippen LogP contribution < -0.4 is 5.32 Å². The zero-order valence-corrected chi connectivity index (χ0v) is 10.3. The molecular formula is C13H17N3O2. The van der Waals surface area contributed by atoms with Gasteiger partial charge < -0.3 is 15.2 Å². The van der Waals surface area contributed by atoms with E-state index < -0.39 is 6.10 Å². The number of benzene rings is 1. The third-order valence-corrected chi connectivity index (χ3v) is 2.70. The number of nitrogens with zero attached hydrogens (tertiary/aromatic N) is 2. The van der Waals surface area contributed by atoms with Crippen molar-refractivity contribution in [3.05, 3.63) is 30.5 Å². The Kier molecular flexibility index (Phi) is 4.44. The minimum Gasteiger partial charge on any atom is -0.391 e. The van der Waals surface area contributed by atoms with Crippen LogP contribution in [0.25, 0.3) is 10.8 Å². The second-order valence-corrected chi connectivity index (χ2v) is 4.11. The van der Waals surface area contributed by atoms with Gasteiger partial charge in [0.15, 0.2) is 5.82 Å². The maximum absolute atomic E-state index is 9.54. The van der Waals surface area contributed by atoms with Gasteiger partial charge in [0, 0.05) is 24.4 Å². The topological polar surface area (TPSA) is 67.3 Å². The zero-order valence-electron chi connectivity index (χ0n) is 10.3. The first-order valence-corrected chi connectivity index (χ1v) is 5.92. The van der Waals surface area contributed by atoms with Gasteiger partial charge in [-0.05, 0) is 6.42 Å². The molecule has 0 saturated carbocycles. The number of anilines is 1.